The van der Waals surface area contributed by atoms with Gasteiger partial charge in [0.1, 0.15) is 0 Å². The fourth-order valence-corrected chi connectivity index (χ4v) is 3.28. The molecule has 4 nitrogen and oxygen atoms in total. The van der Waals surface area contributed by atoms with E-state index in [1.54, 1.807) is 0 Å². The minimum atomic E-state index is -0.0302. The second-order valence-electron chi connectivity index (χ2n) is 6.14. The van der Waals surface area contributed by atoms with Gasteiger partial charge in [-0.15, -0.1) is 0 Å². The Morgan fingerprint density at radius 3 is 2.40 bits per heavy atom. The summed E-state index contributed by atoms with van der Waals surface area (Å²) >= 11 is 12.1. The summed E-state index contributed by atoms with van der Waals surface area (Å²) in [5.74, 6) is 0. The molecule has 0 saturated carbocycles. The number of hydrogen-bond donors (Lipinski definition) is 1. The molecule has 1 N–H and O–H groups in total. The predicted octanol–water partition coefficient (Wildman–Crippen LogP) is 4.33. The van der Waals surface area contributed by atoms with E-state index >= 15 is 0 Å². The molecule has 1 aliphatic heterocycles. The number of anilines is 1. The lowest BCUT2D eigenvalue weighted by Crippen LogP contribution is -2.51. The van der Waals surface area contributed by atoms with Crippen LogP contribution in [0.1, 0.15) is 11.1 Å². The number of halogens is 2. The van der Waals surface area contributed by atoms with E-state index in [0.29, 0.717) is 24.7 Å². The molecule has 0 atom stereocenters. The molecule has 132 valence electrons. The van der Waals surface area contributed by atoms with Crippen molar-refractivity contribution in [2.45, 2.75) is 13.5 Å². The van der Waals surface area contributed by atoms with Gasteiger partial charge in [-0.2, -0.15) is 0 Å². The van der Waals surface area contributed by atoms with E-state index in [9.17, 15) is 4.79 Å². The zero-order valence-electron chi connectivity index (χ0n) is 14.1. The smallest absolute Gasteiger partial charge is 0.317 e. The van der Waals surface area contributed by atoms with Gasteiger partial charge in [0.25, 0.3) is 0 Å². The summed E-state index contributed by atoms with van der Waals surface area (Å²) in [4.78, 5) is 16.5. The van der Waals surface area contributed by atoms with Crippen molar-refractivity contribution in [3.63, 3.8) is 0 Å². The van der Waals surface area contributed by atoms with Crippen LogP contribution >= 0.6 is 23.2 Å². The standard InChI is InChI=1S/C19H21Cl2N3O/c1-14-17(21)3-2-4-18(14)23-9-11-24(12-10-23)19(25)22-13-15-5-7-16(20)8-6-15/h2-8H,9-13H2,1H3,(H,22,25). The Bertz CT molecular complexity index is 741. The molecular formula is C19H21Cl2N3O. The van der Waals surface area contributed by atoms with E-state index in [4.69, 9.17) is 23.2 Å². The number of carbonyl (C=O) groups excluding carboxylic acids is 1. The molecule has 0 radical (unpaired) electrons. The first-order valence-corrected chi connectivity index (χ1v) is 9.07. The van der Waals surface area contributed by atoms with Crippen molar-refractivity contribution in [3.8, 4) is 0 Å². The molecule has 6 heteroatoms. The SMILES string of the molecule is Cc1c(Cl)cccc1N1CCN(C(=O)NCc2ccc(Cl)cc2)CC1. The molecule has 1 fully saturated rings. The predicted molar refractivity (Wildman–Crippen MR) is 104 cm³/mol. The summed E-state index contributed by atoms with van der Waals surface area (Å²) in [5, 5.41) is 4.44. The van der Waals surface area contributed by atoms with E-state index in [1.807, 2.05) is 48.2 Å². The van der Waals surface area contributed by atoms with E-state index in [0.717, 1.165) is 34.9 Å². The van der Waals surface area contributed by atoms with E-state index in [-0.39, 0.29) is 6.03 Å². The van der Waals surface area contributed by atoms with Crippen LogP contribution in [-0.4, -0.2) is 37.1 Å². The first kappa shape index (κ1) is 17.9. The fraction of sp³-hybridized carbons (Fsp3) is 0.316. The average molecular weight is 378 g/mol. The van der Waals surface area contributed by atoms with Crippen LogP contribution in [0.15, 0.2) is 42.5 Å². The Morgan fingerprint density at radius 2 is 1.72 bits per heavy atom. The normalized spacial score (nSPS) is 14.5. The molecule has 1 heterocycles. The van der Waals surface area contributed by atoms with Crippen molar-refractivity contribution in [3.05, 3.63) is 63.6 Å². The lowest BCUT2D eigenvalue weighted by Gasteiger charge is -2.36. The third-order valence-electron chi connectivity index (χ3n) is 4.50. The highest BCUT2D eigenvalue weighted by molar-refractivity contribution is 6.31. The lowest BCUT2D eigenvalue weighted by molar-refractivity contribution is 0.194. The molecule has 0 aromatic heterocycles. The molecule has 0 aliphatic carbocycles. The Balaban J connectivity index is 1.52. The van der Waals surface area contributed by atoms with Crippen molar-refractivity contribution >= 4 is 34.9 Å². The van der Waals surface area contributed by atoms with Crippen molar-refractivity contribution in [1.29, 1.82) is 0 Å². The maximum atomic E-state index is 12.4. The molecule has 3 rings (SSSR count). The lowest BCUT2D eigenvalue weighted by atomic mass is 10.1. The van der Waals surface area contributed by atoms with Gasteiger partial charge in [0.2, 0.25) is 0 Å². The van der Waals surface area contributed by atoms with Crippen LogP contribution in [0.3, 0.4) is 0 Å². The molecule has 2 amide bonds. The van der Waals surface area contributed by atoms with Gasteiger partial charge in [-0.3, -0.25) is 0 Å². The molecule has 0 spiro atoms. The molecule has 0 unspecified atom stereocenters. The molecule has 2 aromatic rings. The molecule has 1 saturated heterocycles. The van der Waals surface area contributed by atoms with Gasteiger partial charge < -0.3 is 15.1 Å². The average Bonchev–Trinajstić information content (AvgIpc) is 2.63. The Morgan fingerprint density at radius 1 is 1.04 bits per heavy atom. The zero-order valence-corrected chi connectivity index (χ0v) is 15.6. The fourth-order valence-electron chi connectivity index (χ4n) is 2.98. The quantitative estimate of drug-likeness (QED) is 0.863. The molecule has 0 bridgehead atoms. The van der Waals surface area contributed by atoms with Crippen molar-refractivity contribution in [2.75, 3.05) is 31.1 Å². The summed E-state index contributed by atoms with van der Waals surface area (Å²) in [6, 6.07) is 13.4. The number of carbonyl (C=O) groups is 1. The number of urea groups is 1. The second-order valence-corrected chi connectivity index (χ2v) is 6.99. The van der Waals surface area contributed by atoms with Gasteiger partial charge in [-0.1, -0.05) is 41.4 Å². The number of hydrogen-bond acceptors (Lipinski definition) is 2. The maximum absolute atomic E-state index is 12.4. The van der Waals surface area contributed by atoms with Crippen LogP contribution in [0.2, 0.25) is 10.0 Å². The van der Waals surface area contributed by atoms with Crippen molar-refractivity contribution in [2.24, 2.45) is 0 Å². The highest BCUT2D eigenvalue weighted by atomic mass is 35.5. The number of nitrogens with one attached hydrogen (secondary N) is 1. The van der Waals surface area contributed by atoms with Crippen molar-refractivity contribution in [1.82, 2.24) is 10.2 Å². The van der Waals surface area contributed by atoms with Crippen LogP contribution in [0.4, 0.5) is 10.5 Å². The number of amides is 2. The Labute approximate surface area is 158 Å². The number of nitrogens with zero attached hydrogens (tertiary/aromatic N) is 2. The first-order valence-electron chi connectivity index (χ1n) is 8.32. The summed E-state index contributed by atoms with van der Waals surface area (Å²) in [6.45, 7) is 5.52. The third kappa shape index (κ3) is 4.39. The van der Waals surface area contributed by atoms with E-state index in [1.165, 1.54) is 0 Å². The van der Waals surface area contributed by atoms with Gasteiger partial charge in [-0.25, -0.2) is 4.79 Å². The van der Waals surface area contributed by atoms with Crippen molar-refractivity contribution < 1.29 is 4.79 Å². The Hall–Kier alpha value is -1.91. The minimum absolute atomic E-state index is 0.0302. The maximum Gasteiger partial charge on any atom is 0.317 e. The van der Waals surface area contributed by atoms with Crippen LogP contribution in [0.25, 0.3) is 0 Å². The highest BCUT2D eigenvalue weighted by Gasteiger charge is 2.22. The first-order chi connectivity index (χ1) is 12.0. The minimum Gasteiger partial charge on any atom is -0.368 e. The summed E-state index contributed by atoms with van der Waals surface area (Å²) < 4.78 is 0. The zero-order chi connectivity index (χ0) is 17.8. The van der Waals surface area contributed by atoms with Crippen LogP contribution in [0, 0.1) is 6.92 Å². The van der Waals surface area contributed by atoms with Crippen LogP contribution in [-0.2, 0) is 6.54 Å². The summed E-state index contributed by atoms with van der Waals surface area (Å²) in [5.41, 5.74) is 3.27. The van der Waals surface area contributed by atoms with E-state index < -0.39 is 0 Å². The van der Waals surface area contributed by atoms with Crippen LogP contribution in [0.5, 0.6) is 0 Å². The number of benzene rings is 2. The monoisotopic (exact) mass is 377 g/mol. The summed E-state index contributed by atoms with van der Waals surface area (Å²) in [6.07, 6.45) is 0. The largest absolute Gasteiger partial charge is 0.368 e. The second kappa shape index (κ2) is 7.98. The van der Waals surface area contributed by atoms with Gasteiger partial charge in [0.05, 0.1) is 0 Å². The van der Waals surface area contributed by atoms with Gasteiger partial charge in [-0.05, 0) is 42.3 Å². The molecule has 25 heavy (non-hydrogen) atoms. The van der Waals surface area contributed by atoms with Gasteiger partial charge in [0, 0.05) is 48.5 Å². The van der Waals surface area contributed by atoms with Crippen LogP contribution < -0.4 is 10.2 Å². The third-order valence-corrected chi connectivity index (χ3v) is 5.17. The summed E-state index contributed by atoms with van der Waals surface area (Å²) in [7, 11) is 0. The highest BCUT2D eigenvalue weighted by Crippen LogP contribution is 2.27. The van der Waals surface area contributed by atoms with E-state index in [2.05, 4.69) is 16.3 Å². The van der Waals surface area contributed by atoms with Gasteiger partial charge in [0.15, 0.2) is 0 Å². The molecule has 1 aliphatic rings. The topological polar surface area (TPSA) is 35.6 Å². The molecular weight excluding hydrogens is 357 g/mol. The number of rotatable bonds is 3. The Kier molecular flexibility index (Phi) is 5.71. The molecule has 2 aromatic carbocycles. The number of piperazine rings is 1. The van der Waals surface area contributed by atoms with Gasteiger partial charge >= 0.3 is 6.03 Å².